The van der Waals surface area contributed by atoms with Crippen molar-refractivity contribution in [3.63, 3.8) is 0 Å². The molecule has 0 saturated carbocycles. The lowest BCUT2D eigenvalue weighted by molar-refractivity contribution is -0.139. The molecule has 0 heterocycles. The quantitative estimate of drug-likeness (QED) is 0.277. The van der Waals surface area contributed by atoms with E-state index in [1.807, 2.05) is 0 Å². The standard InChI is InChI=1S/C25H22F3NO8S/c1-35-20-8-5-9-21(37-38(33,34)25(26,27)28)22(20)18-12-10-16(11-13-18)14-19(23(30)31)29-24(32)36-15-17-6-3-2-4-7-17/h2-13,19H,14-15H2,1H3,(H,29,32)(H,30,31)/t19-/m0/s1. The number of carboxylic acids is 1. The van der Waals surface area contributed by atoms with Crippen LogP contribution in [0.1, 0.15) is 11.1 Å². The molecule has 0 aliphatic carbocycles. The van der Waals surface area contributed by atoms with Crippen molar-refractivity contribution in [2.45, 2.75) is 24.6 Å². The topological polar surface area (TPSA) is 128 Å². The third-order valence-electron chi connectivity index (χ3n) is 5.18. The van der Waals surface area contributed by atoms with E-state index in [4.69, 9.17) is 9.47 Å². The van der Waals surface area contributed by atoms with E-state index in [1.165, 1.54) is 43.5 Å². The number of amides is 1. The number of ether oxygens (including phenoxy) is 2. The van der Waals surface area contributed by atoms with Gasteiger partial charge in [0, 0.05) is 6.42 Å². The molecule has 0 spiro atoms. The largest absolute Gasteiger partial charge is 0.534 e. The van der Waals surface area contributed by atoms with Crippen molar-refractivity contribution in [2.75, 3.05) is 7.11 Å². The molecular weight excluding hydrogens is 531 g/mol. The van der Waals surface area contributed by atoms with Crippen molar-refractivity contribution >= 4 is 22.2 Å². The summed E-state index contributed by atoms with van der Waals surface area (Å²) in [6.45, 7) is -0.0545. The number of alkyl carbamates (subject to hydrolysis) is 1. The minimum Gasteiger partial charge on any atom is -0.496 e. The fourth-order valence-electron chi connectivity index (χ4n) is 3.35. The summed E-state index contributed by atoms with van der Waals surface area (Å²) >= 11 is 0. The molecule has 202 valence electrons. The molecule has 3 aromatic carbocycles. The van der Waals surface area contributed by atoms with Crippen LogP contribution >= 0.6 is 0 Å². The summed E-state index contributed by atoms with van der Waals surface area (Å²) in [4.78, 5) is 23.8. The Morgan fingerprint density at radius 1 is 0.921 bits per heavy atom. The lowest BCUT2D eigenvalue weighted by Gasteiger charge is -2.17. The van der Waals surface area contributed by atoms with Crippen LogP contribution in [0.3, 0.4) is 0 Å². The van der Waals surface area contributed by atoms with Crippen molar-refractivity contribution in [1.82, 2.24) is 5.32 Å². The van der Waals surface area contributed by atoms with Crippen molar-refractivity contribution < 1.29 is 49.9 Å². The first-order chi connectivity index (χ1) is 17.9. The lowest BCUT2D eigenvalue weighted by Crippen LogP contribution is -2.42. The van der Waals surface area contributed by atoms with Gasteiger partial charge in [0.25, 0.3) is 0 Å². The van der Waals surface area contributed by atoms with Crippen LogP contribution in [-0.4, -0.2) is 44.2 Å². The average Bonchev–Trinajstić information content (AvgIpc) is 2.87. The highest BCUT2D eigenvalue weighted by Crippen LogP contribution is 2.40. The molecule has 0 bridgehead atoms. The van der Waals surface area contributed by atoms with Crippen LogP contribution in [0.25, 0.3) is 11.1 Å². The molecule has 1 amide bonds. The summed E-state index contributed by atoms with van der Waals surface area (Å²) in [5, 5.41) is 11.8. The van der Waals surface area contributed by atoms with Crippen LogP contribution in [0.15, 0.2) is 72.8 Å². The maximum atomic E-state index is 12.9. The Bertz CT molecular complexity index is 1380. The molecule has 0 radical (unpaired) electrons. The van der Waals surface area contributed by atoms with E-state index in [9.17, 15) is 36.3 Å². The number of methoxy groups -OCH3 is 1. The van der Waals surface area contributed by atoms with E-state index in [0.717, 1.165) is 6.07 Å². The summed E-state index contributed by atoms with van der Waals surface area (Å²) in [5.74, 6) is -1.89. The summed E-state index contributed by atoms with van der Waals surface area (Å²) in [7, 11) is -4.70. The Balaban J connectivity index is 1.77. The predicted molar refractivity (Wildman–Crippen MR) is 129 cm³/mol. The SMILES string of the molecule is COc1cccc(OS(=O)(=O)C(F)(F)F)c1-c1ccc(C[C@H](NC(=O)OCc2ccccc2)C(=O)O)cc1. The molecule has 13 heteroatoms. The number of aliphatic carboxylic acids is 1. The van der Waals surface area contributed by atoms with Crippen LogP contribution in [0.2, 0.25) is 0 Å². The Hall–Kier alpha value is -4.26. The van der Waals surface area contributed by atoms with E-state index < -0.39 is 39.5 Å². The van der Waals surface area contributed by atoms with Crippen molar-refractivity contribution in [2.24, 2.45) is 0 Å². The zero-order valence-corrected chi connectivity index (χ0v) is 20.6. The molecule has 0 aliphatic rings. The highest BCUT2D eigenvalue weighted by Gasteiger charge is 2.49. The van der Waals surface area contributed by atoms with Gasteiger partial charge in [-0.2, -0.15) is 21.6 Å². The number of carbonyl (C=O) groups excluding carboxylic acids is 1. The van der Waals surface area contributed by atoms with Crippen LogP contribution in [0, 0.1) is 0 Å². The molecule has 3 aromatic rings. The minimum absolute atomic E-state index is 0.0406. The third-order valence-corrected chi connectivity index (χ3v) is 6.14. The number of carbonyl (C=O) groups is 2. The summed E-state index contributed by atoms with van der Waals surface area (Å²) < 4.78 is 76.3. The smallest absolute Gasteiger partial charge is 0.496 e. The van der Waals surface area contributed by atoms with Gasteiger partial charge < -0.3 is 24.1 Å². The third kappa shape index (κ3) is 7.16. The van der Waals surface area contributed by atoms with E-state index in [0.29, 0.717) is 11.1 Å². The highest BCUT2D eigenvalue weighted by molar-refractivity contribution is 7.88. The number of carboxylic acid groups (broad SMARTS) is 1. The van der Waals surface area contributed by atoms with Crippen molar-refractivity contribution in [3.05, 3.63) is 83.9 Å². The normalized spacial score (nSPS) is 12.3. The van der Waals surface area contributed by atoms with Gasteiger partial charge in [-0.05, 0) is 28.8 Å². The number of benzene rings is 3. The van der Waals surface area contributed by atoms with E-state index in [-0.39, 0.29) is 29.9 Å². The second-order valence-corrected chi connectivity index (χ2v) is 9.35. The van der Waals surface area contributed by atoms with Gasteiger partial charge in [-0.25, -0.2) is 9.59 Å². The van der Waals surface area contributed by atoms with Crippen LogP contribution in [0.5, 0.6) is 11.5 Å². The first-order valence-electron chi connectivity index (χ1n) is 10.9. The summed E-state index contributed by atoms with van der Waals surface area (Å²) in [5.41, 5.74) is -4.30. The number of nitrogens with one attached hydrogen (secondary N) is 1. The van der Waals surface area contributed by atoms with Gasteiger partial charge in [-0.3, -0.25) is 0 Å². The fourth-order valence-corrected chi connectivity index (χ4v) is 3.82. The summed E-state index contributed by atoms with van der Waals surface area (Å²) in [6.07, 6.45) is -1.08. The maximum Gasteiger partial charge on any atom is 0.534 e. The molecule has 0 unspecified atom stereocenters. The number of alkyl halides is 3. The zero-order chi connectivity index (χ0) is 27.9. The number of hydrogen-bond donors (Lipinski definition) is 2. The van der Waals surface area contributed by atoms with Gasteiger partial charge in [0.1, 0.15) is 18.4 Å². The second kappa shape index (κ2) is 11.9. The molecular formula is C25H22F3NO8S. The van der Waals surface area contributed by atoms with Crippen LogP contribution in [0.4, 0.5) is 18.0 Å². The molecule has 2 N–H and O–H groups in total. The Labute approximate surface area is 215 Å². The first-order valence-corrected chi connectivity index (χ1v) is 12.3. The van der Waals surface area contributed by atoms with Crippen molar-refractivity contribution in [1.29, 1.82) is 0 Å². The Morgan fingerprint density at radius 3 is 2.13 bits per heavy atom. The van der Waals surface area contributed by atoms with Gasteiger partial charge in [-0.1, -0.05) is 60.7 Å². The van der Waals surface area contributed by atoms with Crippen LogP contribution in [-0.2, 0) is 32.7 Å². The fraction of sp³-hybridized carbons (Fsp3) is 0.200. The molecule has 0 fully saturated rings. The molecule has 0 aliphatic heterocycles. The lowest BCUT2D eigenvalue weighted by atomic mass is 9.99. The maximum absolute atomic E-state index is 12.9. The molecule has 3 rings (SSSR count). The predicted octanol–water partition coefficient (Wildman–Crippen LogP) is 4.51. The highest BCUT2D eigenvalue weighted by atomic mass is 32.2. The second-order valence-electron chi connectivity index (χ2n) is 7.81. The molecule has 0 saturated heterocycles. The van der Waals surface area contributed by atoms with E-state index in [1.54, 1.807) is 30.3 Å². The van der Waals surface area contributed by atoms with E-state index in [2.05, 4.69) is 9.50 Å². The number of halogens is 3. The van der Waals surface area contributed by atoms with Crippen LogP contribution < -0.4 is 14.2 Å². The number of rotatable bonds is 10. The van der Waals surface area contributed by atoms with E-state index >= 15 is 0 Å². The monoisotopic (exact) mass is 553 g/mol. The van der Waals surface area contributed by atoms with Gasteiger partial charge in [0.05, 0.1) is 12.7 Å². The average molecular weight is 554 g/mol. The van der Waals surface area contributed by atoms with Gasteiger partial charge in [-0.15, -0.1) is 0 Å². The first kappa shape index (κ1) is 28.3. The number of hydrogen-bond acceptors (Lipinski definition) is 7. The molecule has 0 aromatic heterocycles. The molecule has 1 atom stereocenters. The molecule has 9 nitrogen and oxygen atoms in total. The van der Waals surface area contributed by atoms with Gasteiger partial charge >= 0.3 is 27.7 Å². The Kier molecular flexibility index (Phi) is 8.84. The zero-order valence-electron chi connectivity index (χ0n) is 19.8. The Morgan fingerprint density at radius 2 is 1.55 bits per heavy atom. The summed E-state index contributed by atoms with van der Waals surface area (Å²) in [6, 6.07) is 16.9. The minimum atomic E-state index is -5.95. The van der Waals surface area contributed by atoms with Gasteiger partial charge in [0.2, 0.25) is 0 Å². The van der Waals surface area contributed by atoms with Crippen molar-refractivity contribution in [3.8, 4) is 22.6 Å². The van der Waals surface area contributed by atoms with Gasteiger partial charge in [0.15, 0.2) is 5.75 Å². The molecule has 38 heavy (non-hydrogen) atoms.